The highest BCUT2D eigenvalue weighted by Gasteiger charge is 2.23. The summed E-state index contributed by atoms with van der Waals surface area (Å²) in [5.74, 6) is 2.01. The minimum Gasteiger partial charge on any atom is -0.456 e. The topological polar surface area (TPSA) is 65.0 Å². The first-order valence-corrected chi connectivity index (χ1v) is 14.8. The molecule has 44 heavy (non-hydrogen) atoms. The number of aromatic nitrogens is 3. The molecule has 3 aromatic heterocycles. The maximum Gasteiger partial charge on any atom is 0.164 e. The van der Waals surface area contributed by atoms with Gasteiger partial charge in [-0.3, -0.25) is 0 Å². The summed E-state index contributed by atoms with van der Waals surface area (Å²) in [6, 6.07) is 37.0. The molecule has 1 aliphatic rings. The van der Waals surface area contributed by atoms with E-state index in [-0.39, 0.29) is 5.92 Å². The predicted molar refractivity (Wildman–Crippen MR) is 176 cm³/mol. The summed E-state index contributed by atoms with van der Waals surface area (Å²) in [5.41, 5.74) is 7.25. The Labute approximate surface area is 252 Å². The first-order chi connectivity index (χ1) is 21.8. The van der Waals surface area contributed by atoms with Crippen LogP contribution >= 0.6 is 0 Å². The van der Waals surface area contributed by atoms with Crippen molar-refractivity contribution >= 4 is 43.9 Å². The van der Waals surface area contributed by atoms with Gasteiger partial charge in [0.1, 0.15) is 28.2 Å². The highest BCUT2D eigenvalue weighted by Crippen LogP contribution is 2.41. The molecule has 1 atom stereocenters. The second-order valence-electron chi connectivity index (χ2n) is 11.1. The summed E-state index contributed by atoms with van der Waals surface area (Å²) in [7, 11) is 0. The Morgan fingerprint density at radius 1 is 0.523 bits per heavy atom. The van der Waals surface area contributed by atoms with Crippen LogP contribution in [0.15, 0.2) is 142 Å². The van der Waals surface area contributed by atoms with Crippen LogP contribution in [0.2, 0.25) is 0 Å². The molecule has 5 aromatic carbocycles. The van der Waals surface area contributed by atoms with Gasteiger partial charge in [-0.15, -0.1) is 0 Å². The Kier molecular flexibility index (Phi) is 5.56. The van der Waals surface area contributed by atoms with Gasteiger partial charge in [0, 0.05) is 38.6 Å². The molecule has 9 rings (SSSR count). The van der Waals surface area contributed by atoms with Gasteiger partial charge < -0.3 is 8.83 Å². The first-order valence-electron chi connectivity index (χ1n) is 14.8. The molecule has 0 radical (unpaired) electrons. The van der Waals surface area contributed by atoms with Crippen molar-refractivity contribution in [1.82, 2.24) is 15.0 Å². The van der Waals surface area contributed by atoms with Crippen molar-refractivity contribution in [3.63, 3.8) is 0 Å². The molecule has 0 saturated heterocycles. The monoisotopic (exact) mass is 567 g/mol. The SMILES string of the molecule is C1=CCC(c2nc(-c3cccc4oc5ccccc5c34)nc(-c3cc(-c4ccccc4)cc4oc5ccccc5c34)n2)C=C1. The molecule has 8 aromatic rings. The van der Waals surface area contributed by atoms with Crippen LogP contribution in [0.3, 0.4) is 0 Å². The minimum atomic E-state index is 0.0367. The zero-order chi connectivity index (χ0) is 29.0. The summed E-state index contributed by atoms with van der Waals surface area (Å²) >= 11 is 0. The van der Waals surface area contributed by atoms with Crippen LogP contribution in [0.25, 0.3) is 77.8 Å². The van der Waals surface area contributed by atoms with Crippen molar-refractivity contribution in [2.45, 2.75) is 12.3 Å². The van der Waals surface area contributed by atoms with Crippen LogP contribution in [-0.2, 0) is 0 Å². The van der Waals surface area contributed by atoms with Gasteiger partial charge in [-0.05, 0) is 47.9 Å². The number of benzene rings is 5. The van der Waals surface area contributed by atoms with E-state index in [0.29, 0.717) is 11.6 Å². The Balaban J connectivity index is 1.36. The van der Waals surface area contributed by atoms with E-state index >= 15 is 0 Å². The van der Waals surface area contributed by atoms with E-state index in [9.17, 15) is 0 Å². The van der Waals surface area contributed by atoms with E-state index in [2.05, 4.69) is 78.9 Å². The second kappa shape index (κ2) is 9.89. The molecule has 5 nitrogen and oxygen atoms in total. The van der Waals surface area contributed by atoms with Crippen LogP contribution in [0.4, 0.5) is 0 Å². The fourth-order valence-corrected chi connectivity index (χ4v) is 6.36. The smallest absolute Gasteiger partial charge is 0.164 e. The van der Waals surface area contributed by atoms with Crippen molar-refractivity contribution in [1.29, 1.82) is 0 Å². The number of furan rings is 2. The lowest BCUT2D eigenvalue weighted by Crippen LogP contribution is -2.08. The molecule has 0 N–H and O–H groups in total. The van der Waals surface area contributed by atoms with E-state index in [4.69, 9.17) is 23.8 Å². The molecule has 1 aliphatic carbocycles. The Hall–Kier alpha value is -5.81. The largest absolute Gasteiger partial charge is 0.456 e. The first kappa shape index (κ1) is 24.8. The van der Waals surface area contributed by atoms with Gasteiger partial charge in [-0.1, -0.05) is 103 Å². The van der Waals surface area contributed by atoms with E-state index in [1.54, 1.807) is 0 Å². The van der Waals surface area contributed by atoms with Crippen LogP contribution < -0.4 is 0 Å². The van der Waals surface area contributed by atoms with Crippen LogP contribution in [0.1, 0.15) is 18.2 Å². The second-order valence-corrected chi connectivity index (χ2v) is 11.1. The highest BCUT2D eigenvalue weighted by atomic mass is 16.3. The molecule has 0 aliphatic heterocycles. The van der Waals surface area contributed by atoms with Crippen molar-refractivity contribution in [2.24, 2.45) is 0 Å². The summed E-state index contributed by atoms with van der Waals surface area (Å²) in [5, 5.41) is 4.07. The molecule has 0 spiro atoms. The quantitative estimate of drug-likeness (QED) is 0.212. The van der Waals surface area contributed by atoms with E-state index < -0.39 is 0 Å². The predicted octanol–water partition coefficient (Wildman–Crippen LogP) is 10.3. The number of hydrogen-bond donors (Lipinski definition) is 0. The third-order valence-corrected chi connectivity index (χ3v) is 8.43. The lowest BCUT2D eigenvalue weighted by molar-refractivity contribution is 0.668. The number of nitrogens with zero attached hydrogens (tertiary/aromatic N) is 3. The lowest BCUT2D eigenvalue weighted by atomic mass is 9.97. The van der Waals surface area contributed by atoms with Crippen LogP contribution in [0, 0.1) is 0 Å². The van der Waals surface area contributed by atoms with Gasteiger partial charge in [0.15, 0.2) is 11.6 Å². The number of allylic oxidation sites excluding steroid dienone is 4. The number of para-hydroxylation sites is 2. The summed E-state index contributed by atoms with van der Waals surface area (Å²) in [6.45, 7) is 0. The van der Waals surface area contributed by atoms with Gasteiger partial charge in [-0.25, -0.2) is 15.0 Å². The van der Waals surface area contributed by atoms with Crippen molar-refractivity contribution in [3.8, 4) is 33.9 Å². The number of hydrogen-bond acceptors (Lipinski definition) is 5. The maximum atomic E-state index is 6.43. The maximum absolute atomic E-state index is 6.43. The average Bonchev–Trinajstić information content (AvgIpc) is 3.67. The van der Waals surface area contributed by atoms with Gasteiger partial charge in [0.25, 0.3) is 0 Å². The third-order valence-electron chi connectivity index (χ3n) is 8.43. The van der Waals surface area contributed by atoms with E-state index in [1.807, 2.05) is 54.6 Å². The highest BCUT2D eigenvalue weighted by molar-refractivity contribution is 6.14. The fraction of sp³-hybridized carbons (Fsp3) is 0.0513. The Bertz CT molecular complexity index is 2430. The summed E-state index contributed by atoms with van der Waals surface area (Å²) < 4.78 is 12.7. The lowest BCUT2D eigenvalue weighted by Gasteiger charge is -2.15. The number of fused-ring (bicyclic) bond motifs is 6. The van der Waals surface area contributed by atoms with Gasteiger partial charge >= 0.3 is 0 Å². The fourth-order valence-electron chi connectivity index (χ4n) is 6.36. The van der Waals surface area contributed by atoms with Gasteiger partial charge in [0.2, 0.25) is 0 Å². The molecule has 208 valence electrons. The molecular weight excluding hydrogens is 542 g/mol. The summed E-state index contributed by atoms with van der Waals surface area (Å²) in [4.78, 5) is 15.5. The molecular formula is C39H25N3O2. The molecule has 1 unspecified atom stereocenters. The third kappa shape index (κ3) is 3.97. The van der Waals surface area contributed by atoms with Crippen molar-refractivity contribution < 1.29 is 8.83 Å². The number of rotatable bonds is 4. The molecule has 0 saturated carbocycles. The molecule has 0 amide bonds. The molecule has 5 heteroatoms. The van der Waals surface area contributed by atoms with Gasteiger partial charge in [-0.2, -0.15) is 0 Å². The van der Waals surface area contributed by atoms with Gasteiger partial charge in [0.05, 0.1) is 0 Å². The minimum absolute atomic E-state index is 0.0367. The zero-order valence-electron chi connectivity index (χ0n) is 23.6. The molecule has 0 bridgehead atoms. The van der Waals surface area contributed by atoms with Crippen LogP contribution in [0.5, 0.6) is 0 Å². The molecule has 3 heterocycles. The van der Waals surface area contributed by atoms with E-state index in [1.165, 1.54) is 0 Å². The van der Waals surface area contributed by atoms with Crippen LogP contribution in [-0.4, -0.2) is 15.0 Å². The normalized spacial score (nSPS) is 14.8. The zero-order valence-corrected chi connectivity index (χ0v) is 23.6. The average molecular weight is 568 g/mol. The van der Waals surface area contributed by atoms with Crippen molar-refractivity contribution in [2.75, 3.05) is 0 Å². The van der Waals surface area contributed by atoms with E-state index in [0.717, 1.165) is 78.4 Å². The van der Waals surface area contributed by atoms with Crippen molar-refractivity contribution in [3.05, 3.63) is 139 Å². The Morgan fingerprint density at radius 2 is 1.18 bits per heavy atom. The summed E-state index contributed by atoms with van der Waals surface area (Å²) in [6.07, 6.45) is 9.30. The molecule has 0 fully saturated rings. The standard InChI is InChI=1S/C39H25N3O2/c1-3-12-24(13-4-1)26-22-30(36-28-17-8-10-20-32(28)44-34(36)23-26)39-41-37(25-14-5-2-6-15-25)40-38(42-39)29-18-11-21-33-35(29)27-16-7-9-19-31(27)43-33/h1-14,16-23,25H,15H2. The Morgan fingerprint density at radius 3 is 1.93 bits per heavy atom.